The van der Waals surface area contributed by atoms with Gasteiger partial charge in [-0.2, -0.15) is 5.10 Å². The molecule has 0 aliphatic rings. The first-order chi connectivity index (χ1) is 7.99. The molecule has 1 aromatic carbocycles. The van der Waals surface area contributed by atoms with Crippen molar-refractivity contribution in [2.45, 2.75) is 6.92 Å². The van der Waals surface area contributed by atoms with Crippen LogP contribution in [0.3, 0.4) is 0 Å². The molecule has 2 N–H and O–H groups in total. The van der Waals surface area contributed by atoms with E-state index < -0.39 is 4.92 Å². The SMILES string of the molecule is Cc1cc([N+](=O)[O-])ccc1-c1cc(N)n(C)n1. The third-order valence-electron chi connectivity index (χ3n) is 2.61. The average molecular weight is 232 g/mol. The molecule has 0 saturated carbocycles. The zero-order valence-electron chi connectivity index (χ0n) is 9.54. The maximum absolute atomic E-state index is 10.6. The summed E-state index contributed by atoms with van der Waals surface area (Å²) in [5.74, 6) is 0.553. The molecular formula is C11H12N4O2. The Morgan fingerprint density at radius 1 is 1.41 bits per heavy atom. The Labute approximate surface area is 97.8 Å². The number of anilines is 1. The molecule has 0 aliphatic carbocycles. The predicted octanol–water partition coefficient (Wildman–Crippen LogP) is 1.89. The second kappa shape index (κ2) is 3.89. The Bertz CT molecular complexity index is 570. The molecule has 0 unspecified atom stereocenters. The van der Waals surface area contributed by atoms with Gasteiger partial charge in [-0.3, -0.25) is 14.8 Å². The van der Waals surface area contributed by atoms with Crippen LogP contribution >= 0.6 is 0 Å². The molecule has 0 atom stereocenters. The number of nitro groups is 1. The van der Waals surface area contributed by atoms with Crippen molar-refractivity contribution in [2.75, 3.05) is 5.73 Å². The molecule has 0 fully saturated rings. The van der Waals surface area contributed by atoms with Gasteiger partial charge in [-0.15, -0.1) is 0 Å². The van der Waals surface area contributed by atoms with Gasteiger partial charge in [-0.05, 0) is 18.6 Å². The summed E-state index contributed by atoms with van der Waals surface area (Å²) in [6.07, 6.45) is 0. The van der Waals surface area contributed by atoms with Crippen LogP contribution in [-0.2, 0) is 7.05 Å². The lowest BCUT2D eigenvalue weighted by molar-refractivity contribution is -0.384. The maximum atomic E-state index is 10.6. The quantitative estimate of drug-likeness (QED) is 0.632. The first kappa shape index (κ1) is 11.1. The Balaban J connectivity index is 2.50. The normalized spacial score (nSPS) is 10.5. The minimum absolute atomic E-state index is 0.0788. The van der Waals surface area contributed by atoms with E-state index in [-0.39, 0.29) is 5.69 Å². The van der Waals surface area contributed by atoms with Gasteiger partial charge in [0.25, 0.3) is 5.69 Å². The van der Waals surface area contributed by atoms with Crippen molar-refractivity contribution in [1.82, 2.24) is 9.78 Å². The van der Waals surface area contributed by atoms with Crippen LogP contribution < -0.4 is 5.73 Å². The van der Waals surface area contributed by atoms with Crippen LogP contribution in [0.1, 0.15) is 5.56 Å². The number of aryl methyl sites for hydroxylation is 2. The number of rotatable bonds is 2. The Kier molecular flexibility index (Phi) is 2.55. The summed E-state index contributed by atoms with van der Waals surface area (Å²) in [4.78, 5) is 10.2. The first-order valence-electron chi connectivity index (χ1n) is 5.04. The van der Waals surface area contributed by atoms with E-state index in [1.54, 1.807) is 23.9 Å². The Hall–Kier alpha value is -2.37. The molecule has 17 heavy (non-hydrogen) atoms. The summed E-state index contributed by atoms with van der Waals surface area (Å²) >= 11 is 0. The van der Waals surface area contributed by atoms with E-state index in [4.69, 9.17) is 5.73 Å². The number of nitro benzene ring substituents is 1. The molecule has 2 rings (SSSR count). The number of nitrogens with zero attached hydrogens (tertiary/aromatic N) is 3. The summed E-state index contributed by atoms with van der Waals surface area (Å²) in [5, 5.41) is 14.9. The number of aromatic nitrogens is 2. The summed E-state index contributed by atoms with van der Waals surface area (Å²) in [7, 11) is 1.75. The van der Waals surface area contributed by atoms with Crippen LogP contribution in [0.5, 0.6) is 0 Å². The van der Waals surface area contributed by atoms with Crippen molar-refractivity contribution in [2.24, 2.45) is 7.05 Å². The van der Waals surface area contributed by atoms with E-state index >= 15 is 0 Å². The van der Waals surface area contributed by atoms with E-state index in [0.717, 1.165) is 16.8 Å². The number of hydrogen-bond donors (Lipinski definition) is 1. The summed E-state index contributed by atoms with van der Waals surface area (Å²) < 4.78 is 1.57. The van der Waals surface area contributed by atoms with E-state index in [9.17, 15) is 10.1 Å². The summed E-state index contributed by atoms with van der Waals surface area (Å²) in [6, 6.07) is 6.43. The topological polar surface area (TPSA) is 87.0 Å². The van der Waals surface area contributed by atoms with E-state index in [1.165, 1.54) is 12.1 Å². The third kappa shape index (κ3) is 1.96. The Morgan fingerprint density at radius 3 is 2.59 bits per heavy atom. The highest BCUT2D eigenvalue weighted by atomic mass is 16.6. The smallest absolute Gasteiger partial charge is 0.269 e. The third-order valence-corrected chi connectivity index (χ3v) is 2.61. The van der Waals surface area contributed by atoms with Gasteiger partial charge in [-0.25, -0.2) is 0 Å². The molecule has 0 amide bonds. The number of nitrogens with two attached hydrogens (primary N) is 1. The van der Waals surface area contributed by atoms with Crippen molar-refractivity contribution in [1.29, 1.82) is 0 Å². The fraction of sp³-hybridized carbons (Fsp3) is 0.182. The molecule has 6 nitrogen and oxygen atoms in total. The Morgan fingerprint density at radius 2 is 2.12 bits per heavy atom. The van der Waals surface area contributed by atoms with Crippen molar-refractivity contribution < 1.29 is 4.92 Å². The zero-order valence-corrected chi connectivity index (χ0v) is 9.54. The van der Waals surface area contributed by atoms with Crippen molar-refractivity contribution in [3.63, 3.8) is 0 Å². The van der Waals surface area contributed by atoms with Crippen LogP contribution in [0.4, 0.5) is 11.5 Å². The van der Waals surface area contributed by atoms with Crippen LogP contribution in [0.15, 0.2) is 24.3 Å². The molecule has 2 aromatic rings. The number of nitrogen functional groups attached to an aromatic ring is 1. The molecule has 1 heterocycles. The second-order valence-corrected chi connectivity index (χ2v) is 3.83. The monoisotopic (exact) mass is 232 g/mol. The van der Waals surface area contributed by atoms with E-state index in [1.807, 2.05) is 6.92 Å². The van der Waals surface area contributed by atoms with Crippen LogP contribution in [0, 0.1) is 17.0 Å². The van der Waals surface area contributed by atoms with Gasteiger partial charge >= 0.3 is 0 Å². The maximum Gasteiger partial charge on any atom is 0.269 e. The number of benzene rings is 1. The van der Waals surface area contributed by atoms with Crippen molar-refractivity contribution >= 4 is 11.5 Å². The van der Waals surface area contributed by atoms with Gasteiger partial charge in [0, 0.05) is 30.8 Å². The molecular weight excluding hydrogens is 220 g/mol. The predicted molar refractivity (Wildman–Crippen MR) is 64.4 cm³/mol. The van der Waals surface area contributed by atoms with Gasteiger partial charge in [0.15, 0.2) is 0 Å². The molecule has 0 radical (unpaired) electrons. The zero-order chi connectivity index (χ0) is 12.6. The lowest BCUT2D eigenvalue weighted by Crippen LogP contribution is -1.96. The molecule has 0 bridgehead atoms. The molecule has 0 saturated heterocycles. The van der Waals surface area contributed by atoms with Gasteiger partial charge < -0.3 is 5.73 Å². The fourth-order valence-electron chi connectivity index (χ4n) is 1.66. The lowest BCUT2D eigenvalue weighted by Gasteiger charge is -2.01. The standard InChI is InChI=1S/C11H12N4O2/c1-7-5-8(15(16)17)3-4-9(7)10-6-11(12)14(2)13-10/h3-6H,12H2,1-2H3. The van der Waals surface area contributed by atoms with Crippen molar-refractivity contribution in [3.8, 4) is 11.3 Å². The van der Waals surface area contributed by atoms with E-state index in [2.05, 4.69) is 5.10 Å². The molecule has 6 heteroatoms. The van der Waals surface area contributed by atoms with Crippen LogP contribution in [-0.4, -0.2) is 14.7 Å². The van der Waals surface area contributed by atoms with Gasteiger partial charge in [0.2, 0.25) is 0 Å². The first-order valence-corrected chi connectivity index (χ1v) is 5.04. The lowest BCUT2D eigenvalue weighted by atomic mass is 10.1. The summed E-state index contributed by atoms with van der Waals surface area (Å²) in [6.45, 7) is 1.81. The second-order valence-electron chi connectivity index (χ2n) is 3.83. The fourth-order valence-corrected chi connectivity index (χ4v) is 1.66. The molecule has 0 aliphatic heterocycles. The molecule has 0 spiro atoms. The number of hydrogen-bond acceptors (Lipinski definition) is 4. The van der Waals surface area contributed by atoms with Crippen molar-refractivity contribution in [3.05, 3.63) is 39.9 Å². The molecule has 88 valence electrons. The van der Waals surface area contributed by atoms with Gasteiger partial charge in [0.1, 0.15) is 5.82 Å². The molecule has 1 aromatic heterocycles. The van der Waals surface area contributed by atoms with Crippen LogP contribution in [0.2, 0.25) is 0 Å². The highest BCUT2D eigenvalue weighted by Crippen LogP contribution is 2.26. The number of non-ortho nitro benzene ring substituents is 1. The van der Waals surface area contributed by atoms with Crippen LogP contribution in [0.25, 0.3) is 11.3 Å². The van der Waals surface area contributed by atoms with Gasteiger partial charge in [0.05, 0.1) is 10.6 Å². The largest absolute Gasteiger partial charge is 0.384 e. The average Bonchev–Trinajstić information content (AvgIpc) is 2.58. The minimum atomic E-state index is -0.413. The minimum Gasteiger partial charge on any atom is -0.384 e. The van der Waals surface area contributed by atoms with Gasteiger partial charge in [-0.1, -0.05) is 0 Å². The summed E-state index contributed by atoms with van der Waals surface area (Å²) in [5.41, 5.74) is 8.15. The van der Waals surface area contributed by atoms with E-state index in [0.29, 0.717) is 5.82 Å². The highest BCUT2D eigenvalue weighted by molar-refractivity contribution is 5.67. The highest BCUT2D eigenvalue weighted by Gasteiger charge is 2.12.